The van der Waals surface area contributed by atoms with E-state index in [9.17, 15) is 4.79 Å². The van der Waals surface area contributed by atoms with Crippen molar-refractivity contribution in [2.75, 3.05) is 13.2 Å². The van der Waals surface area contributed by atoms with E-state index in [-0.39, 0.29) is 10.8 Å². The number of carbonyl (C=O) groups excluding carboxylic acids is 1. The summed E-state index contributed by atoms with van der Waals surface area (Å²) in [5.41, 5.74) is 5.28. The Bertz CT molecular complexity index is 130. The summed E-state index contributed by atoms with van der Waals surface area (Å²) in [5.74, 6) is -0.200. The number of nitrogens with two attached hydrogens (primary N) is 1. The van der Waals surface area contributed by atoms with Gasteiger partial charge in [-0.15, -0.1) is 0 Å². The molecule has 0 aliphatic carbocycles. The second kappa shape index (κ2) is 7.55. The number of hydrogen-bond donors (Lipinski definition) is 1. The fourth-order valence-electron chi connectivity index (χ4n) is 0.672. The minimum Gasteiger partial charge on any atom is -0.465 e. The fraction of sp³-hybridized carbons (Fsp3) is 0.875. The van der Waals surface area contributed by atoms with Crippen LogP contribution in [-0.2, 0) is 9.53 Å². The highest BCUT2D eigenvalue weighted by molar-refractivity contribution is 9.10. The predicted molar refractivity (Wildman–Crippen MR) is 52.3 cm³/mol. The predicted octanol–water partition coefficient (Wildman–Crippen LogP) is 1.44. The average molecular weight is 238 g/mol. The lowest BCUT2D eigenvalue weighted by atomic mass is 10.3. The summed E-state index contributed by atoms with van der Waals surface area (Å²) in [6.07, 6.45) is 2.59. The first-order valence-electron chi connectivity index (χ1n) is 4.23. The quantitative estimate of drug-likeness (QED) is 0.432. The van der Waals surface area contributed by atoms with Crippen LogP contribution in [0.4, 0.5) is 0 Å². The molecule has 0 bridgehead atoms. The molecule has 0 aromatic heterocycles. The van der Waals surface area contributed by atoms with E-state index in [1.54, 1.807) is 0 Å². The Labute approximate surface area is 81.8 Å². The maximum absolute atomic E-state index is 11.1. The van der Waals surface area contributed by atoms with E-state index in [4.69, 9.17) is 10.5 Å². The lowest BCUT2D eigenvalue weighted by molar-refractivity contribution is -0.143. The Morgan fingerprint density at radius 2 is 2.33 bits per heavy atom. The minimum atomic E-state index is -0.237. The molecule has 0 aliphatic rings. The third kappa shape index (κ3) is 5.55. The van der Waals surface area contributed by atoms with E-state index in [0.717, 1.165) is 12.8 Å². The highest BCUT2D eigenvalue weighted by Gasteiger charge is 2.14. The number of carbonyl (C=O) groups is 1. The summed E-state index contributed by atoms with van der Waals surface area (Å²) < 4.78 is 4.96. The van der Waals surface area contributed by atoms with Crippen LogP contribution in [0.1, 0.15) is 26.2 Å². The van der Waals surface area contributed by atoms with Crippen LogP contribution in [0.5, 0.6) is 0 Å². The van der Waals surface area contributed by atoms with Gasteiger partial charge in [-0.25, -0.2) is 0 Å². The Morgan fingerprint density at radius 1 is 1.67 bits per heavy atom. The molecular weight excluding hydrogens is 222 g/mol. The maximum atomic E-state index is 11.1. The van der Waals surface area contributed by atoms with Gasteiger partial charge in [0.25, 0.3) is 0 Å². The zero-order valence-corrected chi connectivity index (χ0v) is 8.97. The normalized spacial score (nSPS) is 12.6. The zero-order chi connectivity index (χ0) is 9.40. The Balaban J connectivity index is 3.43. The van der Waals surface area contributed by atoms with Crippen molar-refractivity contribution in [1.82, 2.24) is 0 Å². The van der Waals surface area contributed by atoms with Crippen molar-refractivity contribution >= 4 is 21.9 Å². The highest BCUT2D eigenvalue weighted by Crippen LogP contribution is 2.06. The summed E-state index contributed by atoms with van der Waals surface area (Å²) in [5, 5.41) is 0. The van der Waals surface area contributed by atoms with Crippen LogP contribution in [0.2, 0.25) is 0 Å². The molecule has 4 heteroatoms. The molecule has 0 aromatic rings. The molecule has 0 spiro atoms. The first-order valence-corrected chi connectivity index (χ1v) is 5.14. The standard InChI is InChI=1S/C8H16BrNO2/c1-2-3-6-12-8(11)7(9)4-5-10/h7H,2-6,10H2,1H3. The summed E-state index contributed by atoms with van der Waals surface area (Å²) in [4.78, 5) is 10.8. The second-order valence-electron chi connectivity index (χ2n) is 2.57. The molecule has 0 rings (SSSR count). The molecule has 0 fully saturated rings. The molecule has 0 radical (unpaired) electrons. The molecule has 0 amide bonds. The third-order valence-electron chi connectivity index (χ3n) is 1.42. The van der Waals surface area contributed by atoms with Gasteiger partial charge in [-0.05, 0) is 19.4 Å². The van der Waals surface area contributed by atoms with Gasteiger partial charge in [0.15, 0.2) is 0 Å². The van der Waals surface area contributed by atoms with Gasteiger partial charge in [-0.3, -0.25) is 4.79 Å². The van der Waals surface area contributed by atoms with Gasteiger partial charge in [0.2, 0.25) is 0 Å². The largest absolute Gasteiger partial charge is 0.465 e. The van der Waals surface area contributed by atoms with Crippen molar-refractivity contribution in [2.45, 2.75) is 31.0 Å². The van der Waals surface area contributed by atoms with Gasteiger partial charge in [0.05, 0.1) is 6.61 Å². The summed E-state index contributed by atoms with van der Waals surface area (Å²) in [6.45, 7) is 3.07. The van der Waals surface area contributed by atoms with Gasteiger partial charge in [-0.1, -0.05) is 29.3 Å². The molecule has 2 N–H and O–H groups in total. The number of ether oxygens (including phenoxy) is 1. The third-order valence-corrected chi connectivity index (χ3v) is 2.25. The molecular formula is C8H16BrNO2. The smallest absolute Gasteiger partial charge is 0.319 e. The Kier molecular flexibility index (Phi) is 7.50. The van der Waals surface area contributed by atoms with Crippen molar-refractivity contribution in [1.29, 1.82) is 0 Å². The molecule has 1 atom stereocenters. The summed E-state index contributed by atoms with van der Waals surface area (Å²) >= 11 is 3.20. The first kappa shape index (κ1) is 11.9. The molecule has 72 valence electrons. The first-order chi connectivity index (χ1) is 5.72. The second-order valence-corrected chi connectivity index (χ2v) is 3.67. The van der Waals surface area contributed by atoms with Crippen LogP contribution in [-0.4, -0.2) is 23.9 Å². The van der Waals surface area contributed by atoms with Crippen molar-refractivity contribution in [3.05, 3.63) is 0 Å². The molecule has 0 saturated carbocycles. The molecule has 1 unspecified atom stereocenters. The van der Waals surface area contributed by atoms with Crippen molar-refractivity contribution in [3.63, 3.8) is 0 Å². The number of alkyl halides is 1. The maximum Gasteiger partial charge on any atom is 0.319 e. The van der Waals surface area contributed by atoms with Crippen LogP contribution >= 0.6 is 15.9 Å². The average Bonchev–Trinajstić information content (AvgIpc) is 2.05. The van der Waals surface area contributed by atoms with E-state index in [1.807, 2.05) is 0 Å². The van der Waals surface area contributed by atoms with Gasteiger partial charge < -0.3 is 10.5 Å². The van der Waals surface area contributed by atoms with Gasteiger partial charge in [0, 0.05) is 0 Å². The van der Waals surface area contributed by atoms with Crippen molar-refractivity contribution in [3.8, 4) is 0 Å². The van der Waals surface area contributed by atoms with Gasteiger partial charge in [-0.2, -0.15) is 0 Å². The molecule has 0 saturated heterocycles. The van der Waals surface area contributed by atoms with Gasteiger partial charge in [0.1, 0.15) is 4.83 Å². The fourth-order valence-corrected chi connectivity index (χ4v) is 1.07. The number of hydrogen-bond acceptors (Lipinski definition) is 3. The van der Waals surface area contributed by atoms with E-state index >= 15 is 0 Å². The SMILES string of the molecule is CCCCOC(=O)C(Br)CCN. The van der Waals surface area contributed by atoms with Crippen LogP contribution in [0.15, 0.2) is 0 Å². The Hall–Kier alpha value is -0.0900. The van der Waals surface area contributed by atoms with E-state index in [1.165, 1.54) is 0 Å². The zero-order valence-electron chi connectivity index (χ0n) is 7.38. The lowest BCUT2D eigenvalue weighted by Crippen LogP contribution is -2.21. The molecule has 0 heterocycles. The van der Waals surface area contributed by atoms with Crippen molar-refractivity contribution in [2.24, 2.45) is 5.73 Å². The number of halogens is 1. The van der Waals surface area contributed by atoms with Crippen LogP contribution in [0.3, 0.4) is 0 Å². The number of esters is 1. The monoisotopic (exact) mass is 237 g/mol. The van der Waals surface area contributed by atoms with Crippen LogP contribution in [0.25, 0.3) is 0 Å². The number of unbranched alkanes of at least 4 members (excludes halogenated alkanes) is 1. The van der Waals surface area contributed by atoms with E-state index in [2.05, 4.69) is 22.9 Å². The minimum absolute atomic E-state index is 0.200. The lowest BCUT2D eigenvalue weighted by Gasteiger charge is -2.07. The summed E-state index contributed by atoms with van der Waals surface area (Å²) in [7, 11) is 0. The topological polar surface area (TPSA) is 52.3 Å². The molecule has 3 nitrogen and oxygen atoms in total. The van der Waals surface area contributed by atoms with Crippen LogP contribution in [0, 0.1) is 0 Å². The van der Waals surface area contributed by atoms with Crippen LogP contribution < -0.4 is 5.73 Å². The van der Waals surface area contributed by atoms with E-state index in [0.29, 0.717) is 19.6 Å². The van der Waals surface area contributed by atoms with Gasteiger partial charge >= 0.3 is 5.97 Å². The Morgan fingerprint density at radius 3 is 2.83 bits per heavy atom. The molecule has 0 aliphatic heterocycles. The molecule has 0 aromatic carbocycles. The summed E-state index contributed by atoms with van der Waals surface area (Å²) in [6, 6.07) is 0. The van der Waals surface area contributed by atoms with Crippen molar-refractivity contribution < 1.29 is 9.53 Å². The van der Waals surface area contributed by atoms with E-state index < -0.39 is 0 Å². The molecule has 12 heavy (non-hydrogen) atoms. The number of rotatable bonds is 6. The highest BCUT2D eigenvalue weighted by atomic mass is 79.9.